The van der Waals surface area contributed by atoms with E-state index in [1.165, 1.54) is 12.1 Å². The summed E-state index contributed by atoms with van der Waals surface area (Å²) in [7, 11) is -4.81. The molecule has 1 aromatic carbocycles. The van der Waals surface area contributed by atoms with Crippen LogP contribution in [0.1, 0.15) is 6.92 Å². The van der Waals surface area contributed by atoms with Crippen molar-refractivity contribution < 1.29 is 27.3 Å². The van der Waals surface area contributed by atoms with E-state index in [1.807, 2.05) is 0 Å². The molecule has 7 heteroatoms. The third-order valence-corrected chi connectivity index (χ3v) is 2.96. The van der Waals surface area contributed by atoms with Gasteiger partial charge in [0.25, 0.3) is 10.1 Å². The zero-order valence-electron chi connectivity index (χ0n) is 8.86. The van der Waals surface area contributed by atoms with Gasteiger partial charge in [0.05, 0.1) is 0 Å². The van der Waals surface area contributed by atoms with E-state index in [0.717, 1.165) is 6.92 Å². The molecule has 0 fully saturated rings. The quantitative estimate of drug-likeness (QED) is 0.364. The summed E-state index contributed by atoms with van der Waals surface area (Å²) in [4.78, 5) is 22.4. The molecule has 0 amide bonds. The molecule has 92 valence electrons. The SMILES string of the molecule is CC(=O)C(C(=O)Oc1ccccc1)S(=O)(=O)O. The molecule has 0 spiro atoms. The summed E-state index contributed by atoms with van der Waals surface area (Å²) in [6, 6.07) is 7.64. The number of hydrogen-bond acceptors (Lipinski definition) is 5. The standard InChI is InChI=1S/C10H10O6S/c1-7(11)9(17(13,14)15)10(12)16-8-5-3-2-4-6-8/h2-6,9H,1H3,(H,13,14,15). The van der Waals surface area contributed by atoms with Crippen molar-refractivity contribution in [2.45, 2.75) is 12.2 Å². The van der Waals surface area contributed by atoms with Crippen molar-refractivity contribution in [1.29, 1.82) is 0 Å². The maximum absolute atomic E-state index is 11.4. The van der Waals surface area contributed by atoms with Crippen molar-refractivity contribution in [2.75, 3.05) is 0 Å². The minimum Gasteiger partial charge on any atom is -0.425 e. The molecule has 17 heavy (non-hydrogen) atoms. The van der Waals surface area contributed by atoms with Gasteiger partial charge in [0.15, 0.2) is 5.78 Å². The molecule has 1 N–H and O–H groups in total. The molecular weight excluding hydrogens is 248 g/mol. The number of Topliss-reactive ketones (excluding diaryl/α,β-unsaturated/α-hetero) is 1. The van der Waals surface area contributed by atoms with Crippen molar-refractivity contribution in [3.05, 3.63) is 30.3 Å². The fourth-order valence-corrected chi connectivity index (χ4v) is 1.87. The zero-order valence-corrected chi connectivity index (χ0v) is 9.68. The van der Waals surface area contributed by atoms with Gasteiger partial charge < -0.3 is 4.74 Å². The summed E-state index contributed by atoms with van der Waals surface area (Å²) in [6.45, 7) is 0.880. The van der Waals surface area contributed by atoms with Gasteiger partial charge >= 0.3 is 5.97 Å². The molecule has 6 nitrogen and oxygen atoms in total. The van der Waals surface area contributed by atoms with Crippen molar-refractivity contribution in [1.82, 2.24) is 0 Å². The first-order valence-corrected chi connectivity index (χ1v) is 6.06. The molecule has 0 heterocycles. The van der Waals surface area contributed by atoms with Gasteiger partial charge in [-0.25, -0.2) is 4.79 Å². The van der Waals surface area contributed by atoms with Crippen LogP contribution >= 0.6 is 0 Å². The Kier molecular flexibility index (Phi) is 3.97. The highest BCUT2D eigenvalue weighted by Gasteiger charge is 2.37. The Labute approximate surface area is 98.0 Å². The molecule has 1 atom stereocenters. The van der Waals surface area contributed by atoms with E-state index in [4.69, 9.17) is 4.55 Å². The molecule has 1 unspecified atom stereocenters. The van der Waals surface area contributed by atoms with Crippen LogP contribution in [0.2, 0.25) is 0 Å². The number of carbonyl (C=O) groups is 2. The summed E-state index contributed by atoms with van der Waals surface area (Å²) in [5, 5.41) is -2.21. The van der Waals surface area contributed by atoms with Crippen LogP contribution in [-0.4, -0.2) is 30.0 Å². The Morgan fingerprint density at radius 1 is 1.24 bits per heavy atom. The lowest BCUT2D eigenvalue weighted by atomic mass is 10.3. The Bertz CT molecular complexity index is 519. The van der Waals surface area contributed by atoms with Crippen molar-refractivity contribution in [3.63, 3.8) is 0 Å². The topological polar surface area (TPSA) is 97.7 Å². The second-order valence-electron chi connectivity index (χ2n) is 3.24. The van der Waals surface area contributed by atoms with Crippen molar-refractivity contribution in [2.24, 2.45) is 0 Å². The zero-order chi connectivity index (χ0) is 13.1. The maximum atomic E-state index is 11.4. The smallest absolute Gasteiger partial charge is 0.340 e. The highest BCUT2D eigenvalue weighted by atomic mass is 32.2. The fourth-order valence-electron chi connectivity index (χ4n) is 1.16. The van der Waals surface area contributed by atoms with E-state index < -0.39 is 27.1 Å². The van der Waals surface area contributed by atoms with Crippen molar-refractivity contribution in [3.8, 4) is 5.75 Å². The van der Waals surface area contributed by atoms with E-state index in [0.29, 0.717) is 0 Å². The molecule has 0 saturated carbocycles. The lowest BCUT2D eigenvalue weighted by Crippen LogP contribution is -2.39. The number of carbonyl (C=O) groups excluding carboxylic acids is 2. The van der Waals surface area contributed by atoms with E-state index in [9.17, 15) is 18.0 Å². The summed E-state index contributed by atoms with van der Waals surface area (Å²) >= 11 is 0. The Hall–Kier alpha value is -1.73. The number of ketones is 1. The molecular formula is C10H10O6S. The summed E-state index contributed by atoms with van der Waals surface area (Å²) in [6.07, 6.45) is 0. The molecule has 0 aromatic heterocycles. The van der Waals surface area contributed by atoms with Crippen LogP contribution in [-0.2, 0) is 19.7 Å². The third-order valence-electron chi connectivity index (χ3n) is 1.84. The predicted molar refractivity (Wildman–Crippen MR) is 58.1 cm³/mol. The average molecular weight is 258 g/mol. The van der Waals surface area contributed by atoms with E-state index in [2.05, 4.69) is 4.74 Å². The largest absolute Gasteiger partial charge is 0.425 e. The van der Waals surface area contributed by atoms with Gasteiger partial charge in [-0.1, -0.05) is 18.2 Å². The molecule has 1 rings (SSSR count). The van der Waals surface area contributed by atoms with Crippen LogP contribution in [0.5, 0.6) is 5.75 Å². The average Bonchev–Trinajstić information content (AvgIpc) is 2.15. The van der Waals surface area contributed by atoms with Gasteiger partial charge in [0, 0.05) is 0 Å². The number of hydrogen-bond donors (Lipinski definition) is 1. The van der Waals surface area contributed by atoms with Gasteiger partial charge in [0.2, 0.25) is 5.25 Å². The lowest BCUT2D eigenvalue weighted by molar-refractivity contribution is -0.137. The second-order valence-corrected chi connectivity index (χ2v) is 4.74. The number of rotatable bonds is 4. The second kappa shape index (κ2) is 5.07. The van der Waals surface area contributed by atoms with Crippen LogP contribution < -0.4 is 4.74 Å². The molecule has 0 aliphatic rings. The van der Waals surface area contributed by atoms with Gasteiger partial charge in [-0.05, 0) is 19.1 Å². The number of para-hydroxylation sites is 1. The Morgan fingerprint density at radius 3 is 2.18 bits per heavy atom. The third kappa shape index (κ3) is 3.65. The Balaban J connectivity index is 2.92. The minimum atomic E-state index is -4.81. The van der Waals surface area contributed by atoms with Crippen LogP contribution in [0.3, 0.4) is 0 Å². The number of benzene rings is 1. The summed E-state index contributed by atoms with van der Waals surface area (Å²) in [5.41, 5.74) is 0. The predicted octanol–water partition coefficient (Wildman–Crippen LogP) is 0.437. The van der Waals surface area contributed by atoms with Crippen LogP contribution in [0, 0.1) is 0 Å². The van der Waals surface area contributed by atoms with Crippen LogP contribution in [0.4, 0.5) is 0 Å². The summed E-state index contributed by atoms with van der Waals surface area (Å²) < 4.78 is 35.1. The van der Waals surface area contributed by atoms with E-state index in [-0.39, 0.29) is 5.75 Å². The highest BCUT2D eigenvalue weighted by molar-refractivity contribution is 7.88. The Morgan fingerprint density at radius 2 is 1.76 bits per heavy atom. The van der Waals surface area contributed by atoms with E-state index >= 15 is 0 Å². The van der Waals surface area contributed by atoms with Gasteiger partial charge in [0.1, 0.15) is 5.75 Å². The molecule has 0 aliphatic carbocycles. The van der Waals surface area contributed by atoms with Crippen molar-refractivity contribution >= 4 is 21.9 Å². The van der Waals surface area contributed by atoms with Gasteiger partial charge in [-0.2, -0.15) is 8.42 Å². The molecule has 0 saturated heterocycles. The maximum Gasteiger partial charge on any atom is 0.340 e. The molecule has 1 aromatic rings. The normalized spacial score (nSPS) is 12.8. The number of ether oxygens (including phenoxy) is 1. The van der Waals surface area contributed by atoms with Gasteiger partial charge in [-0.15, -0.1) is 0 Å². The molecule has 0 bridgehead atoms. The van der Waals surface area contributed by atoms with Gasteiger partial charge in [-0.3, -0.25) is 9.35 Å². The number of esters is 1. The molecule has 0 aliphatic heterocycles. The fraction of sp³-hybridized carbons (Fsp3) is 0.200. The molecule has 0 radical (unpaired) electrons. The first-order chi connectivity index (χ1) is 7.82. The first kappa shape index (κ1) is 13.3. The monoisotopic (exact) mass is 258 g/mol. The van der Waals surface area contributed by atoms with E-state index in [1.54, 1.807) is 18.2 Å². The highest BCUT2D eigenvalue weighted by Crippen LogP contribution is 2.12. The first-order valence-electron chi connectivity index (χ1n) is 4.56. The summed E-state index contributed by atoms with van der Waals surface area (Å²) in [5.74, 6) is -2.24. The van der Waals surface area contributed by atoms with Crippen LogP contribution in [0.15, 0.2) is 30.3 Å². The minimum absolute atomic E-state index is 0.0902. The lowest BCUT2D eigenvalue weighted by Gasteiger charge is -2.09. The van der Waals surface area contributed by atoms with Crippen LogP contribution in [0.25, 0.3) is 0 Å².